The maximum atomic E-state index is 10.5. The first-order chi connectivity index (χ1) is 10.2. The Balaban J connectivity index is 1.66. The minimum absolute atomic E-state index is 0.873. The molecule has 2 aromatic heterocycles. The number of aromatic amines is 1. The number of thioether (sulfide) groups is 1. The smallest absolute Gasteiger partial charge is 0.328 e. The highest BCUT2D eigenvalue weighted by Gasteiger charge is 2.03. The molecule has 0 aliphatic heterocycles. The van der Waals surface area contributed by atoms with E-state index in [0.29, 0.717) is 0 Å². The summed E-state index contributed by atoms with van der Waals surface area (Å²) in [5.41, 5.74) is 2.09. The molecule has 106 valence electrons. The molecule has 2 N–H and O–H groups in total. The fourth-order valence-electron chi connectivity index (χ4n) is 2.00. The Morgan fingerprint density at radius 3 is 3.00 bits per heavy atom. The third-order valence-corrected chi connectivity index (χ3v) is 5.09. The van der Waals surface area contributed by atoms with Gasteiger partial charge in [0.25, 0.3) is 0 Å². The number of hydrogen-bond acceptors (Lipinski definition) is 3. The summed E-state index contributed by atoms with van der Waals surface area (Å²) in [6.07, 6.45) is 2.78. The van der Waals surface area contributed by atoms with E-state index in [2.05, 4.69) is 23.2 Å². The van der Waals surface area contributed by atoms with Crippen LogP contribution >= 0.6 is 23.1 Å². The van der Waals surface area contributed by atoms with Crippen molar-refractivity contribution in [3.63, 3.8) is 0 Å². The lowest BCUT2D eigenvalue weighted by molar-refractivity contribution is -0.131. The average Bonchev–Trinajstić information content (AvgIpc) is 3.09. The number of nitrogens with one attached hydrogen (secondary N) is 1. The van der Waals surface area contributed by atoms with Gasteiger partial charge in [-0.2, -0.15) is 0 Å². The zero-order chi connectivity index (χ0) is 14.7. The number of thiophene rings is 1. The summed E-state index contributed by atoms with van der Waals surface area (Å²) < 4.78 is 0. The first-order valence-corrected chi connectivity index (χ1v) is 8.26. The van der Waals surface area contributed by atoms with Gasteiger partial charge in [0, 0.05) is 27.6 Å². The number of aliphatic carboxylic acids is 1. The molecule has 0 saturated heterocycles. The van der Waals surface area contributed by atoms with Gasteiger partial charge < -0.3 is 10.1 Å². The summed E-state index contributed by atoms with van der Waals surface area (Å²) in [5, 5.41) is 12.9. The normalized spacial score (nSPS) is 11.4. The molecule has 3 aromatic rings. The molecular formula is C16H13NO2S2. The van der Waals surface area contributed by atoms with E-state index in [-0.39, 0.29) is 0 Å². The number of H-pyrrole nitrogens is 1. The summed E-state index contributed by atoms with van der Waals surface area (Å²) in [5.74, 6) is -0.0477. The second-order valence-corrected chi connectivity index (χ2v) is 6.54. The second-order valence-electron chi connectivity index (χ2n) is 4.53. The van der Waals surface area contributed by atoms with Crippen LogP contribution in [-0.2, 0) is 10.5 Å². The largest absolute Gasteiger partial charge is 0.478 e. The van der Waals surface area contributed by atoms with E-state index < -0.39 is 5.97 Å². The molecule has 0 unspecified atom stereocenters. The average molecular weight is 315 g/mol. The first-order valence-electron chi connectivity index (χ1n) is 6.40. The van der Waals surface area contributed by atoms with Crippen molar-refractivity contribution in [1.29, 1.82) is 0 Å². The molecule has 0 aliphatic carbocycles. The number of hydrogen-bond donors (Lipinski definition) is 2. The van der Waals surface area contributed by atoms with E-state index in [1.165, 1.54) is 10.3 Å². The van der Waals surface area contributed by atoms with Crippen LogP contribution < -0.4 is 0 Å². The van der Waals surface area contributed by atoms with Gasteiger partial charge in [0.1, 0.15) is 0 Å². The Labute approximate surface area is 130 Å². The molecule has 0 saturated carbocycles. The van der Waals surface area contributed by atoms with E-state index in [1.807, 2.05) is 23.6 Å². The van der Waals surface area contributed by atoms with Crippen LogP contribution in [0.1, 0.15) is 10.4 Å². The molecule has 3 nitrogen and oxygen atoms in total. The monoisotopic (exact) mass is 315 g/mol. The van der Waals surface area contributed by atoms with Gasteiger partial charge in [-0.3, -0.25) is 0 Å². The molecule has 5 heteroatoms. The van der Waals surface area contributed by atoms with Crippen LogP contribution in [0.5, 0.6) is 0 Å². The summed E-state index contributed by atoms with van der Waals surface area (Å²) >= 11 is 3.40. The number of benzene rings is 1. The molecule has 21 heavy (non-hydrogen) atoms. The van der Waals surface area contributed by atoms with Crippen molar-refractivity contribution in [2.75, 3.05) is 0 Å². The highest BCUT2D eigenvalue weighted by Crippen LogP contribution is 2.28. The molecule has 0 amide bonds. The maximum absolute atomic E-state index is 10.5. The lowest BCUT2D eigenvalue weighted by atomic mass is 10.3. The topological polar surface area (TPSA) is 53.1 Å². The van der Waals surface area contributed by atoms with Gasteiger partial charge in [0.05, 0.1) is 5.03 Å². The first kappa shape index (κ1) is 14.0. The van der Waals surface area contributed by atoms with Gasteiger partial charge in [-0.15, -0.1) is 23.1 Å². The fraction of sp³-hybridized carbons (Fsp3) is 0.0625. The van der Waals surface area contributed by atoms with E-state index in [9.17, 15) is 4.79 Å². The Morgan fingerprint density at radius 1 is 1.33 bits per heavy atom. The molecular weight excluding hydrogens is 302 g/mol. The predicted octanol–water partition coefficient (Wildman–Crippen LogP) is 4.62. The van der Waals surface area contributed by atoms with Crippen molar-refractivity contribution < 1.29 is 9.90 Å². The molecule has 0 fully saturated rings. The van der Waals surface area contributed by atoms with Crippen LogP contribution in [0.3, 0.4) is 0 Å². The quantitative estimate of drug-likeness (QED) is 0.533. The number of aromatic nitrogens is 1. The maximum Gasteiger partial charge on any atom is 0.328 e. The molecule has 0 atom stereocenters. The van der Waals surface area contributed by atoms with Crippen LogP contribution in [0.15, 0.2) is 52.9 Å². The second kappa shape index (κ2) is 6.20. The number of rotatable bonds is 5. The molecule has 1 aromatic carbocycles. The fourth-order valence-corrected chi connectivity index (χ4v) is 3.86. The summed E-state index contributed by atoms with van der Waals surface area (Å²) in [7, 11) is 0. The molecule has 0 radical (unpaired) electrons. The van der Waals surface area contributed by atoms with Crippen molar-refractivity contribution in [3.8, 4) is 0 Å². The van der Waals surface area contributed by atoms with E-state index in [1.54, 1.807) is 29.2 Å². The van der Waals surface area contributed by atoms with Gasteiger partial charge in [-0.1, -0.05) is 18.2 Å². The van der Waals surface area contributed by atoms with Crippen LogP contribution in [-0.4, -0.2) is 16.1 Å². The number of carboxylic acids is 1. The standard InChI is InChI=1S/C16H13NO2S2/c18-16(19)6-5-11-7-13(20-9-11)10-21-15-8-12-3-1-2-4-14(12)17-15/h1-9,17H,10H2,(H,18,19)/b6-5+. The Kier molecular flexibility index (Phi) is 4.13. The molecule has 0 spiro atoms. The van der Waals surface area contributed by atoms with Gasteiger partial charge >= 0.3 is 5.97 Å². The minimum atomic E-state index is -0.921. The highest BCUT2D eigenvalue weighted by molar-refractivity contribution is 7.98. The van der Waals surface area contributed by atoms with Crippen molar-refractivity contribution in [3.05, 3.63) is 58.3 Å². The third-order valence-electron chi connectivity index (χ3n) is 2.97. The van der Waals surface area contributed by atoms with Gasteiger partial charge in [0.15, 0.2) is 0 Å². The van der Waals surface area contributed by atoms with E-state index >= 15 is 0 Å². The van der Waals surface area contributed by atoms with Crippen molar-refractivity contribution in [2.24, 2.45) is 0 Å². The Bertz CT molecular complexity index is 768. The van der Waals surface area contributed by atoms with Gasteiger partial charge in [-0.25, -0.2) is 4.79 Å². The SMILES string of the molecule is O=C(O)/C=C/c1csc(CSc2cc3ccccc3[nH]2)c1. The van der Waals surface area contributed by atoms with Crippen molar-refractivity contribution >= 4 is 46.0 Å². The zero-order valence-electron chi connectivity index (χ0n) is 11.1. The van der Waals surface area contributed by atoms with E-state index in [0.717, 1.165) is 27.9 Å². The van der Waals surface area contributed by atoms with Crippen LogP contribution in [0, 0.1) is 0 Å². The number of carbonyl (C=O) groups is 1. The van der Waals surface area contributed by atoms with Gasteiger partial charge in [0.2, 0.25) is 0 Å². The number of fused-ring (bicyclic) bond motifs is 1. The van der Waals surface area contributed by atoms with Crippen molar-refractivity contribution in [2.45, 2.75) is 10.8 Å². The molecule has 2 heterocycles. The minimum Gasteiger partial charge on any atom is -0.478 e. The predicted molar refractivity (Wildman–Crippen MR) is 88.8 cm³/mol. The highest BCUT2D eigenvalue weighted by atomic mass is 32.2. The van der Waals surface area contributed by atoms with Crippen LogP contribution in [0.25, 0.3) is 17.0 Å². The summed E-state index contributed by atoms with van der Waals surface area (Å²) in [6.45, 7) is 0. The third kappa shape index (κ3) is 3.56. The molecule has 0 aliphatic rings. The zero-order valence-corrected chi connectivity index (χ0v) is 12.7. The Hall–Kier alpha value is -1.98. The van der Waals surface area contributed by atoms with Crippen molar-refractivity contribution in [1.82, 2.24) is 4.98 Å². The number of carboxylic acid groups (broad SMARTS) is 1. The summed E-state index contributed by atoms with van der Waals surface area (Å²) in [4.78, 5) is 15.1. The van der Waals surface area contributed by atoms with Gasteiger partial charge in [-0.05, 0) is 35.2 Å². The van der Waals surface area contributed by atoms with E-state index in [4.69, 9.17) is 5.11 Å². The Morgan fingerprint density at radius 2 is 2.19 bits per heavy atom. The summed E-state index contributed by atoms with van der Waals surface area (Å²) in [6, 6.07) is 12.4. The molecule has 0 bridgehead atoms. The molecule has 3 rings (SSSR count). The lowest BCUT2D eigenvalue weighted by Gasteiger charge is -1.94. The lowest BCUT2D eigenvalue weighted by Crippen LogP contribution is -1.84. The number of para-hydroxylation sites is 1. The van der Waals surface area contributed by atoms with Crippen LogP contribution in [0.4, 0.5) is 0 Å². The van der Waals surface area contributed by atoms with Crippen LogP contribution in [0.2, 0.25) is 0 Å².